The Kier molecular flexibility index (Phi) is 4.73. The van der Waals surface area contributed by atoms with E-state index in [9.17, 15) is 4.79 Å². The third-order valence-corrected chi connectivity index (χ3v) is 2.59. The first-order valence-corrected chi connectivity index (χ1v) is 5.36. The Hall–Kier alpha value is -0.770. The highest BCUT2D eigenvalue weighted by atomic mass is 16.6. The number of hydrogen-bond donors (Lipinski definition) is 1. The fourth-order valence-corrected chi connectivity index (χ4v) is 1.52. The van der Waals surface area contributed by atoms with Crippen LogP contribution in [0.3, 0.4) is 0 Å². The third-order valence-electron chi connectivity index (χ3n) is 2.59. The first-order chi connectivity index (χ1) is 6.75. The summed E-state index contributed by atoms with van der Waals surface area (Å²) in [4.78, 5) is 13.2. The van der Waals surface area contributed by atoms with E-state index in [4.69, 9.17) is 4.74 Å². The molecule has 4 heteroatoms. The molecule has 1 aliphatic heterocycles. The van der Waals surface area contributed by atoms with Gasteiger partial charge in [0.05, 0.1) is 6.61 Å². The maximum absolute atomic E-state index is 11.5. The van der Waals surface area contributed by atoms with Crippen LogP contribution in [0.15, 0.2) is 0 Å². The highest BCUT2D eigenvalue weighted by molar-refractivity contribution is 5.67. The van der Waals surface area contributed by atoms with Crippen LogP contribution >= 0.6 is 0 Å². The van der Waals surface area contributed by atoms with Gasteiger partial charge in [0.15, 0.2) is 0 Å². The third kappa shape index (κ3) is 3.18. The molecule has 4 nitrogen and oxygen atoms in total. The fourth-order valence-electron chi connectivity index (χ4n) is 1.52. The Labute approximate surface area is 85.6 Å². The fraction of sp³-hybridized carbons (Fsp3) is 0.900. The molecule has 0 saturated carbocycles. The monoisotopic (exact) mass is 200 g/mol. The zero-order chi connectivity index (χ0) is 10.4. The van der Waals surface area contributed by atoms with Crippen LogP contribution in [0.5, 0.6) is 0 Å². The van der Waals surface area contributed by atoms with Gasteiger partial charge < -0.3 is 15.0 Å². The van der Waals surface area contributed by atoms with Gasteiger partial charge >= 0.3 is 6.09 Å². The van der Waals surface area contributed by atoms with Gasteiger partial charge in [-0.1, -0.05) is 13.3 Å². The van der Waals surface area contributed by atoms with Crippen LogP contribution in [-0.2, 0) is 4.74 Å². The van der Waals surface area contributed by atoms with Gasteiger partial charge in [-0.3, -0.25) is 0 Å². The summed E-state index contributed by atoms with van der Waals surface area (Å²) in [6, 6.07) is 0.309. The van der Waals surface area contributed by atoms with Crippen molar-refractivity contribution < 1.29 is 9.53 Å². The zero-order valence-corrected chi connectivity index (χ0v) is 9.08. The highest BCUT2D eigenvalue weighted by Gasteiger charge is 2.23. The van der Waals surface area contributed by atoms with Gasteiger partial charge in [-0.2, -0.15) is 0 Å². The van der Waals surface area contributed by atoms with Crippen LogP contribution in [0.25, 0.3) is 0 Å². The maximum Gasteiger partial charge on any atom is 0.409 e. The molecule has 0 aromatic rings. The number of nitrogens with one attached hydrogen (secondary N) is 1. The standard InChI is InChI=1S/C10H20N2O2/c1-3-4-7-14-10(13)12(2)9-5-6-11-8-9/h9,11H,3-8H2,1-2H3/t9-/m0/s1. The molecule has 0 radical (unpaired) electrons. The van der Waals surface area contributed by atoms with Crippen LogP contribution in [0.1, 0.15) is 26.2 Å². The number of amides is 1. The molecule has 0 aromatic carbocycles. The van der Waals surface area contributed by atoms with Crippen molar-refractivity contribution in [3.05, 3.63) is 0 Å². The summed E-state index contributed by atoms with van der Waals surface area (Å²) in [6.07, 6.45) is 2.84. The van der Waals surface area contributed by atoms with E-state index in [1.165, 1.54) is 0 Å². The van der Waals surface area contributed by atoms with Crippen molar-refractivity contribution in [3.8, 4) is 0 Å². The quantitative estimate of drug-likeness (QED) is 0.694. The number of nitrogens with zero attached hydrogens (tertiary/aromatic N) is 1. The summed E-state index contributed by atoms with van der Waals surface area (Å²) >= 11 is 0. The highest BCUT2D eigenvalue weighted by Crippen LogP contribution is 2.07. The van der Waals surface area contributed by atoms with E-state index in [-0.39, 0.29) is 6.09 Å². The largest absolute Gasteiger partial charge is 0.449 e. The number of likely N-dealkylation sites (N-methyl/N-ethyl adjacent to an activating group) is 1. The van der Waals surface area contributed by atoms with E-state index < -0.39 is 0 Å². The molecular weight excluding hydrogens is 180 g/mol. The summed E-state index contributed by atoms with van der Waals surface area (Å²) in [6.45, 7) is 4.51. The normalized spacial score (nSPS) is 20.9. The van der Waals surface area contributed by atoms with Crippen LogP contribution in [0.4, 0.5) is 4.79 Å². The predicted molar refractivity (Wildman–Crippen MR) is 55.3 cm³/mol. The molecule has 0 aliphatic carbocycles. The molecule has 1 N–H and O–H groups in total. The molecule has 1 atom stereocenters. The Morgan fingerprint density at radius 1 is 1.64 bits per heavy atom. The van der Waals surface area contributed by atoms with E-state index in [1.807, 2.05) is 7.05 Å². The minimum atomic E-state index is -0.188. The van der Waals surface area contributed by atoms with Crippen LogP contribution in [0, 0.1) is 0 Å². The number of hydrogen-bond acceptors (Lipinski definition) is 3. The van der Waals surface area contributed by atoms with Crippen molar-refractivity contribution in [1.82, 2.24) is 10.2 Å². The van der Waals surface area contributed by atoms with Crippen molar-refractivity contribution in [2.24, 2.45) is 0 Å². The van der Waals surface area contributed by atoms with Gasteiger partial charge in [0, 0.05) is 19.6 Å². The van der Waals surface area contributed by atoms with E-state index >= 15 is 0 Å². The lowest BCUT2D eigenvalue weighted by Crippen LogP contribution is -2.38. The van der Waals surface area contributed by atoms with E-state index in [2.05, 4.69) is 12.2 Å². The lowest BCUT2D eigenvalue weighted by molar-refractivity contribution is 0.0984. The summed E-state index contributed by atoms with van der Waals surface area (Å²) in [7, 11) is 1.81. The molecule has 82 valence electrons. The summed E-state index contributed by atoms with van der Waals surface area (Å²) in [5.41, 5.74) is 0. The van der Waals surface area contributed by atoms with Crippen LogP contribution in [0.2, 0.25) is 0 Å². The first kappa shape index (κ1) is 11.3. The second kappa shape index (κ2) is 5.86. The molecule has 0 unspecified atom stereocenters. The van der Waals surface area contributed by atoms with E-state index in [0.29, 0.717) is 12.6 Å². The van der Waals surface area contributed by atoms with Gasteiger partial charge in [-0.25, -0.2) is 4.79 Å². The predicted octanol–water partition coefficient (Wildman–Crippen LogP) is 1.22. The Bertz CT molecular complexity index is 179. The van der Waals surface area contributed by atoms with Crippen molar-refractivity contribution in [2.75, 3.05) is 26.7 Å². The number of unbranched alkanes of at least 4 members (excludes halogenated alkanes) is 1. The average molecular weight is 200 g/mol. The number of rotatable bonds is 4. The molecule has 1 heterocycles. The van der Waals surface area contributed by atoms with Gasteiger partial charge in [-0.05, 0) is 19.4 Å². The summed E-state index contributed by atoms with van der Waals surface area (Å²) < 4.78 is 5.12. The smallest absolute Gasteiger partial charge is 0.409 e. The minimum absolute atomic E-state index is 0.188. The second-order valence-electron chi connectivity index (χ2n) is 3.73. The van der Waals surface area contributed by atoms with Gasteiger partial charge in [-0.15, -0.1) is 0 Å². The Morgan fingerprint density at radius 2 is 2.43 bits per heavy atom. The molecule has 1 aliphatic rings. The van der Waals surface area contributed by atoms with E-state index in [1.54, 1.807) is 4.90 Å². The van der Waals surface area contributed by atoms with Crippen molar-refractivity contribution in [2.45, 2.75) is 32.2 Å². The lowest BCUT2D eigenvalue weighted by Gasteiger charge is -2.22. The minimum Gasteiger partial charge on any atom is -0.449 e. The molecule has 1 rings (SSSR count). The lowest BCUT2D eigenvalue weighted by atomic mass is 10.2. The maximum atomic E-state index is 11.5. The molecule has 1 fully saturated rings. The molecule has 0 aromatic heterocycles. The number of carbonyl (C=O) groups excluding carboxylic acids is 1. The molecule has 0 bridgehead atoms. The van der Waals surface area contributed by atoms with Gasteiger partial charge in [0.2, 0.25) is 0 Å². The Balaban J connectivity index is 2.21. The average Bonchev–Trinajstić information content (AvgIpc) is 2.69. The SMILES string of the molecule is CCCCOC(=O)N(C)[C@H]1CCNC1. The molecule has 1 saturated heterocycles. The first-order valence-electron chi connectivity index (χ1n) is 5.36. The molecule has 14 heavy (non-hydrogen) atoms. The van der Waals surface area contributed by atoms with Crippen molar-refractivity contribution in [1.29, 1.82) is 0 Å². The summed E-state index contributed by atoms with van der Waals surface area (Å²) in [5.74, 6) is 0. The van der Waals surface area contributed by atoms with Crippen LogP contribution in [-0.4, -0.2) is 43.8 Å². The van der Waals surface area contributed by atoms with Crippen LogP contribution < -0.4 is 5.32 Å². The van der Waals surface area contributed by atoms with Crippen molar-refractivity contribution in [3.63, 3.8) is 0 Å². The van der Waals surface area contributed by atoms with Gasteiger partial charge in [0.25, 0.3) is 0 Å². The molecular formula is C10H20N2O2. The Morgan fingerprint density at radius 3 is 3.00 bits per heavy atom. The number of ether oxygens (including phenoxy) is 1. The molecule has 0 spiro atoms. The summed E-state index contributed by atoms with van der Waals surface area (Å²) in [5, 5.41) is 3.23. The number of carbonyl (C=O) groups is 1. The topological polar surface area (TPSA) is 41.6 Å². The zero-order valence-electron chi connectivity index (χ0n) is 9.08. The second-order valence-corrected chi connectivity index (χ2v) is 3.73. The van der Waals surface area contributed by atoms with Gasteiger partial charge in [0.1, 0.15) is 0 Å². The van der Waals surface area contributed by atoms with E-state index in [0.717, 1.165) is 32.4 Å². The molecule has 1 amide bonds. The van der Waals surface area contributed by atoms with Crippen molar-refractivity contribution >= 4 is 6.09 Å².